The predicted molar refractivity (Wildman–Crippen MR) is 171 cm³/mol. The second-order valence-electron chi connectivity index (χ2n) is 10.9. The minimum atomic E-state index is -4.32. The van der Waals surface area contributed by atoms with Crippen LogP contribution >= 0.6 is 15.9 Å². The van der Waals surface area contributed by atoms with Crippen molar-refractivity contribution < 1.29 is 13.2 Å². The molecule has 0 aromatic heterocycles. The number of nitrogens with one attached hydrogen (secondary N) is 2. The van der Waals surface area contributed by atoms with Crippen molar-refractivity contribution in [1.82, 2.24) is 20.4 Å². The van der Waals surface area contributed by atoms with E-state index in [0.717, 1.165) is 68.5 Å². The smallest absolute Gasteiger partial charge is 0.314 e. The highest BCUT2D eigenvalue weighted by atomic mass is 79.9. The fraction of sp³-hybridized carbons (Fsp3) is 0.314. The molecule has 0 amide bonds. The van der Waals surface area contributed by atoms with Gasteiger partial charge in [0.1, 0.15) is 0 Å². The molecule has 0 radical (unpaired) electrons. The molecule has 6 rings (SSSR count). The Kier molecular flexibility index (Phi) is 11.1. The van der Waals surface area contributed by atoms with Crippen LogP contribution in [0, 0.1) is 0 Å². The number of piperazine rings is 2. The maximum atomic E-state index is 13.1. The lowest BCUT2D eigenvalue weighted by Crippen LogP contribution is -2.45. The first kappa shape index (κ1) is 31.4. The van der Waals surface area contributed by atoms with Crippen LogP contribution in [0.4, 0.5) is 13.2 Å². The molecule has 226 valence electrons. The fourth-order valence-electron chi connectivity index (χ4n) is 5.94. The van der Waals surface area contributed by atoms with Crippen LogP contribution in [-0.2, 0) is 6.18 Å². The first-order chi connectivity index (χ1) is 20.9. The Hall–Kier alpha value is -3.01. The number of alkyl halides is 3. The molecule has 2 N–H and O–H groups in total. The number of rotatable bonds is 6. The molecule has 43 heavy (non-hydrogen) atoms. The number of hydrogen-bond donors (Lipinski definition) is 2. The quantitative estimate of drug-likeness (QED) is 0.232. The minimum Gasteiger partial charge on any atom is -0.314 e. The second-order valence-corrected chi connectivity index (χ2v) is 11.8. The molecule has 4 nitrogen and oxygen atoms in total. The van der Waals surface area contributed by atoms with Crippen molar-refractivity contribution in [3.8, 4) is 0 Å². The van der Waals surface area contributed by atoms with Gasteiger partial charge in [0.05, 0.1) is 17.6 Å². The summed E-state index contributed by atoms with van der Waals surface area (Å²) >= 11 is 3.60. The normalized spacial score (nSPS) is 17.9. The summed E-state index contributed by atoms with van der Waals surface area (Å²) in [5.74, 6) is 0. The molecule has 0 bridgehead atoms. The molecule has 2 aliphatic rings. The van der Waals surface area contributed by atoms with Crippen molar-refractivity contribution in [2.24, 2.45) is 0 Å². The molecule has 4 aromatic rings. The molecule has 2 atom stereocenters. The SMILES string of the molecule is Brc1cccc(C(c2ccccc2)N2CCNCC2)c1.FC(F)(F)c1cccc(C(c2ccccc2)N2CCNCC2)c1. The zero-order valence-corrected chi connectivity index (χ0v) is 25.7. The van der Waals surface area contributed by atoms with Crippen molar-refractivity contribution in [2.75, 3.05) is 52.4 Å². The molecule has 2 saturated heterocycles. The Balaban J connectivity index is 0.000000173. The van der Waals surface area contributed by atoms with Crippen molar-refractivity contribution in [1.29, 1.82) is 0 Å². The Morgan fingerprint density at radius 1 is 0.535 bits per heavy atom. The van der Waals surface area contributed by atoms with E-state index in [4.69, 9.17) is 0 Å². The maximum Gasteiger partial charge on any atom is 0.416 e. The lowest BCUT2D eigenvalue weighted by molar-refractivity contribution is -0.137. The van der Waals surface area contributed by atoms with E-state index < -0.39 is 11.7 Å². The van der Waals surface area contributed by atoms with Gasteiger partial charge in [-0.1, -0.05) is 101 Å². The van der Waals surface area contributed by atoms with E-state index in [1.165, 1.54) is 23.3 Å². The summed E-state index contributed by atoms with van der Waals surface area (Å²) in [6.07, 6.45) is -4.32. The standard InChI is InChI=1S/C18H19F3N2.C17H19BrN2/c19-18(20,21)16-8-4-7-15(13-16)17(14-5-2-1-3-6-14)23-11-9-22-10-12-23;18-16-8-4-7-15(13-16)17(14-5-2-1-3-6-14)20-11-9-19-10-12-20/h1-8,13,17,22H,9-12H2;1-8,13,17,19H,9-12H2. The van der Waals surface area contributed by atoms with Gasteiger partial charge in [0.25, 0.3) is 0 Å². The molecule has 2 fully saturated rings. The Labute approximate surface area is 261 Å². The highest BCUT2D eigenvalue weighted by Crippen LogP contribution is 2.35. The average Bonchev–Trinajstić information content (AvgIpc) is 3.04. The molecule has 2 aliphatic heterocycles. The van der Waals surface area contributed by atoms with Gasteiger partial charge in [-0.05, 0) is 46.5 Å². The van der Waals surface area contributed by atoms with Crippen LogP contribution in [0.5, 0.6) is 0 Å². The van der Waals surface area contributed by atoms with Crippen LogP contribution in [0.25, 0.3) is 0 Å². The molecular weight excluding hydrogens is 613 g/mol. The monoisotopic (exact) mass is 650 g/mol. The third-order valence-corrected chi connectivity index (χ3v) is 8.45. The van der Waals surface area contributed by atoms with Crippen LogP contribution < -0.4 is 10.6 Å². The van der Waals surface area contributed by atoms with E-state index >= 15 is 0 Å². The predicted octanol–water partition coefficient (Wildman–Crippen LogP) is 7.14. The number of hydrogen-bond acceptors (Lipinski definition) is 4. The van der Waals surface area contributed by atoms with Crippen LogP contribution in [0.2, 0.25) is 0 Å². The van der Waals surface area contributed by atoms with Crippen LogP contribution in [-0.4, -0.2) is 62.2 Å². The van der Waals surface area contributed by atoms with Gasteiger partial charge >= 0.3 is 6.18 Å². The summed E-state index contributed by atoms with van der Waals surface area (Å²) in [4.78, 5) is 4.80. The molecular formula is C35H38BrF3N4. The third-order valence-electron chi connectivity index (χ3n) is 7.96. The molecule has 4 aromatic carbocycles. The molecule has 2 unspecified atom stereocenters. The van der Waals surface area contributed by atoms with Crippen LogP contribution in [0.1, 0.15) is 39.9 Å². The summed E-state index contributed by atoms with van der Waals surface area (Å²) in [5, 5.41) is 6.72. The van der Waals surface area contributed by atoms with Crippen molar-refractivity contribution in [3.63, 3.8) is 0 Å². The van der Waals surface area contributed by atoms with Crippen molar-refractivity contribution in [2.45, 2.75) is 18.3 Å². The number of nitrogens with zero attached hydrogens (tertiary/aromatic N) is 2. The minimum absolute atomic E-state index is 0.152. The van der Waals surface area contributed by atoms with E-state index in [0.29, 0.717) is 11.6 Å². The van der Waals surface area contributed by atoms with Gasteiger partial charge in [-0.2, -0.15) is 13.2 Å². The van der Waals surface area contributed by atoms with Crippen molar-refractivity contribution >= 4 is 15.9 Å². The number of benzene rings is 4. The van der Waals surface area contributed by atoms with Gasteiger partial charge in [-0.3, -0.25) is 9.80 Å². The third kappa shape index (κ3) is 8.55. The van der Waals surface area contributed by atoms with E-state index in [1.54, 1.807) is 6.07 Å². The van der Waals surface area contributed by atoms with Crippen molar-refractivity contribution in [3.05, 3.63) is 141 Å². The Bertz CT molecular complexity index is 1410. The van der Waals surface area contributed by atoms with Gasteiger partial charge in [-0.15, -0.1) is 0 Å². The zero-order valence-electron chi connectivity index (χ0n) is 24.1. The topological polar surface area (TPSA) is 30.5 Å². The summed E-state index contributed by atoms with van der Waals surface area (Å²) < 4.78 is 40.3. The summed E-state index contributed by atoms with van der Waals surface area (Å²) in [5.41, 5.74) is 3.84. The molecule has 0 spiro atoms. The molecule has 0 aliphatic carbocycles. The van der Waals surface area contributed by atoms with Gasteiger partial charge in [0.2, 0.25) is 0 Å². The first-order valence-corrected chi connectivity index (χ1v) is 15.6. The summed E-state index contributed by atoms with van der Waals surface area (Å²) in [6.45, 7) is 7.64. The highest BCUT2D eigenvalue weighted by Gasteiger charge is 2.32. The van der Waals surface area contributed by atoms with Crippen LogP contribution in [0.3, 0.4) is 0 Å². The van der Waals surface area contributed by atoms with Gasteiger partial charge in [-0.25, -0.2) is 0 Å². The first-order valence-electron chi connectivity index (χ1n) is 14.8. The Morgan fingerprint density at radius 3 is 1.40 bits per heavy atom. The van der Waals surface area contributed by atoms with Gasteiger partial charge < -0.3 is 10.6 Å². The van der Waals surface area contributed by atoms with Gasteiger partial charge in [0, 0.05) is 56.8 Å². The van der Waals surface area contributed by atoms with E-state index in [-0.39, 0.29) is 6.04 Å². The summed E-state index contributed by atoms with van der Waals surface area (Å²) in [7, 11) is 0. The highest BCUT2D eigenvalue weighted by molar-refractivity contribution is 9.10. The zero-order chi connectivity index (χ0) is 30.1. The molecule has 0 saturated carbocycles. The summed E-state index contributed by atoms with van der Waals surface area (Å²) in [6, 6.07) is 35.1. The average molecular weight is 652 g/mol. The van der Waals surface area contributed by atoms with E-state index in [9.17, 15) is 13.2 Å². The Morgan fingerprint density at radius 2 is 0.953 bits per heavy atom. The lowest BCUT2D eigenvalue weighted by atomic mass is 9.95. The second kappa shape index (κ2) is 15.1. The number of halogens is 4. The van der Waals surface area contributed by atoms with E-state index in [2.05, 4.69) is 91.0 Å². The maximum absolute atomic E-state index is 13.1. The largest absolute Gasteiger partial charge is 0.416 e. The van der Waals surface area contributed by atoms with Crippen LogP contribution in [0.15, 0.2) is 114 Å². The molecule has 2 heterocycles. The fourth-order valence-corrected chi connectivity index (χ4v) is 6.36. The van der Waals surface area contributed by atoms with E-state index in [1.807, 2.05) is 30.3 Å². The molecule has 8 heteroatoms. The lowest BCUT2D eigenvalue weighted by Gasteiger charge is -2.35. The van der Waals surface area contributed by atoms with Gasteiger partial charge in [0.15, 0.2) is 0 Å².